The van der Waals surface area contributed by atoms with E-state index in [0.717, 1.165) is 5.75 Å². The van der Waals surface area contributed by atoms with Crippen LogP contribution >= 0.6 is 0 Å². The zero-order valence-corrected chi connectivity index (χ0v) is 11.1. The van der Waals surface area contributed by atoms with Crippen LogP contribution in [-0.2, 0) is 9.53 Å². The van der Waals surface area contributed by atoms with Crippen LogP contribution in [0, 0.1) is 0 Å². The normalized spacial score (nSPS) is 11.7. The second-order valence-corrected chi connectivity index (χ2v) is 3.99. The molecule has 1 amide bonds. The van der Waals surface area contributed by atoms with E-state index >= 15 is 0 Å². The average molecular weight is 264 g/mol. The second kappa shape index (κ2) is 8.29. The maximum Gasteiger partial charge on any atom is 0.241 e. The quantitative estimate of drug-likeness (QED) is 0.552. The van der Waals surface area contributed by atoms with E-state index < -0.39 is 6.04 Å². The highest BCUT2D eigenvalue weighted by Gasteiger charge is 2.11. The highest BCUT2D eigenvalue weighted by atomic mass is 16.5. The minimum absolute atomic E-state index is 0.229. The predicted molar refractivity (Wildman–Crippen MR) is 75.2 cm³/mol. The van der Waals surface area contributed by atoms with Gasteiger partial charge in [-0.15, -0.1) is 6.58 Å². The fourth-order valence-electron chi connectivity index (χ4n) is 1.40. The first-order valence-corrected chi connectivity index (χ1v) is 6.06. The smallest absolute Gasteiger partial charge is 0.241 e. The molecule has 104 valence electrons. The van der Waals surface area contributed by atoms with Crippen molar-refractivity contribution in [3.8, 4) is 5.75 Å². The third kappa shape index (κ3) is 5.54. The number of ether oxygens (including phenoxy) is 2. The molecule has 0 aliphatic rings. The van der Waals surface area contributed by atoms with E-state index in [-0.39, 0.29) is 5.91 Å². The molecule has 0 saturated heterocycles. The van der Waals surface area contributed by atoms with Gasteiger partial charge in [0.2, 0.25) is 5.91 Å². The van der Waals surface area contributed by atoms with Crippen molar-refractivity contribution in [2.45, 2.75) is 12.5 Å². The Morgan fingerprint density at radius 1 is 1.42 bits per heavy atom. The molecule has 1 rings (SSSR count). The van der Waals surface area contributed by atoms with Crippen LogP contribution in [0.1, 0.15) is 6.42 Å². The molecule has 1 atom stereocenters. The van der Waals surface area contributed by atoms with Crippen molar-refractivity contribution >= 4 is 11.6 Å². The first-order valence-electron chi connectivity index (χ1n) is 6.06. The van der Waals surface area contributed by atoms with Gasteiger partial charge in [-0.1, -0.05) is 6.08 Å². The van der Waals surface area contributed by atoms with E-state index in [1.807, 2.05) is 0 Å². The molecule has 1 unspecified atom stereocenters. The average Bonchev–Trinajstić information content (AvgIpc) is 2.41. The lowest BCUT2D eigenvalue weighted by Gasteiger charge is -2.11. The molecule has 5 nitrogen and oxygen atoms in total. The Morgan fingerprint density at radius 2 is 2.11 bits per heavy atom. The molecule has 0 aromatic heterocycles. The van der Waals surface area contributed by atoms with Gasteiger partial charge in [0.15, 0.2) is 0 Å². The number of amides is 1. The summed E-state index contributed by atoms with van der Waals surface area (Å²) in [6.45, 7) is 4.58. The minimum atomic E-state index is -0.574. The summed E-state index contributed by atoms with van der Waals surface area (Å²) < 4.78 is 10.3. The summed E-state index contributed by atoms with van der Waals surface area (Å²) in [5.41, 5.74) is 6.35. The molecule has 3 N–H and O–H groups in total. The van der Waals surface area contributed by atoms with Crippen LogP contribution in [0.2, 0.25) is 0 Å². The van der Waals surface area contributed by atoms with Gasteiger partial charge in [0.1, 0.15) is 12.4 Å². The molecule has 0 aliphatic carbocycles. The number of hydrogen-bond acceptors (Lipinski definition) is 4. The Hall–Kier alpha value is -1.85. The van der Waals surface area contributed by atoms with Gasteiger partial charge in [-0.2, -0.15) is 0 Å². The van der Waals surface area contributed by atoms with Gasteiger partial charge in [-0.25, -0.2) is 0 Å². The highest BCUT2D eigenvalue weighted by Crippen LogP contribution is 2.15. The lowest BCUT2D eigenvalue weighted by atomic mass is 10.2. The van der Waals surface area contributed by atoms with Gasteiger partial charge in [-0.05, 0) is 30.7 Å². The number of carbonyl (C=O) groups excluding carboxylic acids is 1. The second-order valence-electron chi connectivity index (χ2n) is 3.99. The zero-order chi connectivity index (χ0) is 14.1. The Labute approximate surface area is 113 Å². The molecule has 0 aliphatic heterocycles. The van der Waals surface area contributed by atoms with E-state index in [0.29, 0.717) is 25.3 Å². The van der Waals surface area contributed by atoms with Gasteiger partial charge >= 0.3 is 0 Å². The highest BCUT2D eigenvalue weighted by molar-refractivity contribution is 5.94. The number of hydrogen-bond donors (Lipinski definition) is 2. The summed E-state index contributed by atoms with van der Waals surface area (Å²) in [6, 6.07) is 6.52. The van der Waals surface area contributed by atoms with E-state index in [9.17, 15) is 4.79 Å². The van der Waals surface area contributed by atoms with Crippen LogP contribution in [0.25, 0.3) is 0 Å². The molecule has 1 aromatic carbocycles. The number of rotatable bonds is 8. The van der Waals surface area contributed by atoms with Crippen molar-refractivity contribution in [1.82, 2.24) is 0 Å². The molecular weight excluding hydrogens is 244 g/mol. The summed E-state index contributed by atoms with van der Waals surface area (Å²) in [5, 5.41) is 2.73. The van der Waals surface area contributed by atoms with Crippen molar-refractivity contribution < 1.29 is 14.3 Å². The molecule has 0 fully saturated rings. The number of methoxy groups -OCH3 is 1. The minimum Gasteiger partial charge on any atom is -0.491 e. The Kier molecular flexibility index (Phi) is 6.63. The summed E-state index contributed by atoms with van der Waals surface area (Å²) >= 11 is 0. The molecular formula is C14H20N2O3. The molecule has 0 radical (unpaired) electrons. The largest absolute Gasteiger partial charge is 0.491 e. The summed E-state index contributed by atoms with van der Waals surface area (Å²) in [7, 11) is 1.62. The topological polar surface area (TPSA) is 73.6 Å². The number of carbonyl (C=O) groups is 1. The van der Waals surface area contributed by atoms with Crippen LogP contribution in [0.4, 0.5) is 5.69 Å². The van der Waals surface area contributed by atoms with E-state index in [4.69, 9.17) is 15.2 Å². The van der Waals surface area contributed by atoms with Crippen molar-refractivity contribution in [2.75, 3.05) is 25.6 Å². The van der Waals surface area contributed by atoms with Crippen LogP contribution in [0.3, 0.4) is 0 Å². The Bertz CT molecular complexity index is 404. The van der Waals surface area contributed by atoms with Gasteiger partial charge in [0.05, 0.1) is 12.6 Å². The fraction of sp³-hybridized carbons (Fsp3) is 0.357. The lowest BCUT2D eigenvalue weighted by Crippen LogP contribution is -2.35. The maximum absolute atomic E-state index is 11.7. The molecule has 0 bridgehead atoms. The zero-order valence-electron chi connectivity index (χ0n) is 11.1. The number of nitrogens with one attached hydrogen (secondary N) is 1. The first kappa shape index (κ1) is 15.2. The van der Waals surface area contributed by atoms with E-state index in [1.165, 1.54) is 0 Å². The molecule has 5 heteroatoms. The van der Waals surface area contributed by atoms with Crippen LogP contribution in [-0.4, -0.2) is 32.3 Å². The van der Waals surface area contributed by atoms with Crippen molar-refractivity contribution in [1.29, 1.82) is 0 Å². The van der Waals surface area contributed by atoms with Crippen molar-refractivity contribution in [2.24, 2.45) is 5.73 Å². The molecule has 0 saturated carbocycles. The van der Waals surface area contributed by atoms with Crippen LogP contribution < -0.4 is 15.8 Å². The summed E-state index contributed by atoms with van der Waals surface area (Å²) in [5.74, 6) is 0.499. The van der Waals surface area contributed by atoms with Gasteiger partial charge in [0, 0.05) is 12.8 Å². The number of anilines is 1. The first-order chi connectivity index (χ1) is 9.17. The van der Waals surface area contributed by atoms with Gasteiger partial charge in [0.25, 0.3) is 0 Å². The van der Waals surface area contributed by atoms with E-state index in [1.54, 1.807) is 37.5 Å². The lowest BCUT2D eigenvalue weighted by molar-refractivity contribution is -0.117. The van der Waals surface area contributed by atoms with Crippen molar-refractivity contribution in [3.05, 3.63) is 36.9 Å². The summed E-state index contributed by atoms with van der Waals surface area (Å²) in [4.78, 5) is 11.7. The van der Waals surface area contributed by atoms with Gasteiger partial charge < -0.3 is 20.5 Å². The monoisotopic (exact) mass is 264 g/mol. The third-order valence-electron chi connectivity index (χ3n) is 2.44. The molecule has 0 spiro atoms. The predicted octanol–water partition coefficient (Wildman–Crippen LogP) is 1.55. The van der Waals surface area contributed by atoms with Gasteiger partial charge in [-0.3, -0.25) is 4.79 Å². The van der Waals surface area contributed by atoms with Crippen LogP contribution in [0.15, 0.2) is 36.9 Å². The summed E-state index contributed by atoms with van der Waals surface area (Å²) in [6.07, 6.45) is 2.07. The molecule has 1 aromatic rings. The standard InChI is InChI=1S/C14H20N2O3/c1-3-4-13(15)14(17)16-11-5-7-12(8-6-11)19-10-9-18-2/h3,5-8,13H,1,4,9-10,15H2,2H3,(H,16,17). The Balaban J connectivity index is 2.47. The van der Waals surface area contributed by atoms with E-state index in [2.05, 4.69) is 11.9 Å². The number of benzene rings is 1. The third-order valence-corrected chi connectivity index (χ3v) is 2.44. The number of nitrogens with two attached hydrogens (primary N) is 1. The Morgan fingerprint density at radius 3 is 2.68 bits per heavy atom. The SMILES string of the molecule is C=CCC(N)C(=O)Nc1ccc(OCCOC)cc1. The van der Waals surface area contributed by atoms with Crippen molar-refractivity contribution in [3.63, 3.8) is 0 Å². The fourth-order valence-corrected chi connectivity index (χ4v) is 1.40. The maximum atomic E-state index is 11.7. The van der Waals surface area contributed by atoms with Crippen LogP contribution in [0.5, 0.6) is 5.75 Å². The molecule has 19 heavy (non-hydrogen) atoms. The molecule has 0 heterocycles.